The Morgan fingerprint density at radius 2 is 2.00 bits per heavy atom. The van der Waals surface area contributed by atoms with E-state index in [0.717, 1.165) is 24.8 Å². The Morgan fingerprint density at radius 3 is 2.70 bits per heavy atom. The summed E-state index contributed by atoms with van der Waals surface area (Å²) >= 11 is 0. The van der Waals surface area contributed by atoms with Crippen LogP contribution in [0.4, 0.5) is 0 Å². The Morgan fingerprint density at radius 1 is 1.20 bits per heavy atom. The van der Waals surface area contributed by atoms with Crippen molar-refractivity contribution in [3.63, 3.8) is 0 Å². The molecule has 0 saturated heterocycles. The van der Waals surface area contributed by atoms with E-state index in [4.69, 9.17) is 10.3 Å². The second-order valence-corrected chi connectivity index (χ2v) is 5.31. The Kier molecular flexibility index (Phi) is 4.08. The highest BCUT2D eigenvalue weighted by Crippen LogP contribution is 2.38. The highest BCUT2D eigenvalue weighted by molar-refractivity contribution is 5.14. The Balaban J connectivity index is 1.63. The van der Waals surface area contributed by atoms with Gasteiger partial charge in [0.05, 0.1) is 6.54 Å². The smallest absolute Gasteiger partial charge is 0.229 e. The molecule has 3 rings (SSSR count). The zero-order valence-electron chi connectivity index (χ0n) is 11.5. The quantitative estimate of drug-likeness (QED) is 0.834. The number of nitrogens with two attached hydrogens (primary N) is 1. The third-order valence-electron chi connectivity index (χ3n) is 3.47. The minimum atomic E-state index is 0.508. The van der Waals surface area contributed by atoms with Gasteiger partial charge in [-0.05, 0) is 18.4 Å². The molecule has 1 aromatic carbocycles. The molecule has 2 N–H and O–H groups in total. The van der Waals surface area contributed by atoms with Gasteiger partial charge in [0, 0.05) is 25.6 Å². The van der Waals surface area contributed by atoms with Crippen LogP contribution < -0.4 is 5.73 Å². The van der Waals surface area contributed by atoms with E-state index in [-0.39, 0.29) is 0 Å². The van der Waals surface area contributed by atoms with Gasteiger partial charge in [0.1, 0.15) is 0 Å². The van der Waals surface area contributed by atoms with Crippen LogP contribution in [0.5, 0.6) is 0 Å². The number of nitrogens with zero attached hydrogens (tertiary/aromatic N) is 3. The molecule has 20 heavy (non-hydrogen) atoms. The second-order valence-electron chi connectivity index (χ2n) is 5.31. The second kappa shape index (κ2) is 6.15. The number of hydrogen-bond acceptors (Lipinski definition) is 5. The van der Waals surface area contributed by atoms with E-state index >= 15 is 0 Å². The van der Waals surface area contributed by atoms with Crippen molar-refractivity contribution in [3.05, 3.63) is 47.6 Å². The number of aromatic nitrogens is 2. The summed E-state index contributed by atoms with van der Waals surface area (Å²) < 4.78 is 5.30. The lowest BCUT2D eigenvalue weighted by atomic mass is 10.2. The average Bonchev–Trinajstić information content (AvgIpc) is 3.21. The first-order chi connectivity index (χ1) is 9.85. The van der Waals surface area contributed by atoms with E-state index in [9.17, 15) is 0 Å². The average molecular weight is 272 g/mol. The summed E-state index contributed by atoms with van der Waals surface area (Å²) in [6, 6.07) is 10.4. The van der Waals surface area contributed by atoms with Crippen molar-refractivity contribution in [1.29, 1.82) is 0 Å². The molecular formula is C15H20N4O. The van der Waals surface area contributed by atoms with Gasteiger partial charge in [-0.2, -0.15) is 4.98 Å². The van der Waals surface area contributed by atoms with Crippen LogP contribution in [0, 0.1) is 0 Å². The van der Waals surface area contributed by atoms with Crippen LogP contribution in [0.3, 0.4) is 0 Å². The van der Waals surface area contributed by atoms with Gasteiger partial charge in [-0.3, -0.25) is 4.90 Å². The lowest BCUT2D eigenvalue weighted by molar-refractivity contribution is 0.252. The van der Waals surface area contributed by atoms with Crippen LogP contribution in [0.15, 0.2) is 34.9 Å². The molecule has 1 heterocycles. The first-order valence-corrected chi connectivity index (χ1v) is 7.14. The molecule has 1 saturated carbocycles. The van der Waals surface area contributed by atoms with Crippen LogP contribution >= 0.6 is 0 Å². The third kappa shape index (κ3) is 3.43. The van der Waals surface area contributed by atoms with Crippen molar-refractivity contribution < 1.29 is 4.52 Å². The fourth-order valence-corrected chi connectivity index (χ4v) is 2.27. The van der Waals surface area contributed by atoms with E-state index < -0.39 is 0 Å². The van der Waals surface area contributed by atoms with Gasteiger partial charge >= 0.3 is 0 Å². The molecule has 5 heteroatoms. The van der Waals surface area contributed by atoms with E-state index in [0.29, 0.717) is 19.0 Å². The Hall–Kier alpha value is -1.72. The molecule has 0 atom stereocenters. The predicted octanol–water partition coefficient (Wildman–Crippen LogP) is 1.91. The zero-order valence-corrected chi connectivity index (χ0v) is 11.5. The number of benzene rings is 1. The van der Waals surface area contributed by atoms with Gasteiger partial charge in [-0.1, -0.05) is 35.5 Å². The summed E-state index contributed by atoms with van der Waals surface area (Å²) in [5.41, 5.74) is 6.96. The van der Waals surface area contributed by atoms with Crippen molar-refractivity contribution in [3.8, 4) is 0 Å². The van der Waals surface area contributed by atoms with Crippen molar-refractivity contribution in [1.82, 2.24) is 15.0 Å². The Bertz CT molecular complexity index is 536. The lowest BCUT2D eigenvalue weighted by Crippen LogP contribution is -2.29. The van der Waals surface area contributed by atoms with Crippen LogP contribution in [-0.2, 0) is 13.1 Å². The normalized spacial score (nSPS) is 14.9. The van der Waals surface area contributed by atoms with Gasteiger partial charge in [-0.25, -0.2) is 0 Å². The van der Waals surface area contributed by atoms with Crippen molar-refractivity contribution >= 4 is 0 Å². The van der Waals surface area contributed by atoms with Crippen molar-refractivity contribution in [2.24, 2.45) is 5.73 Å². The predicted molar refractivity (Wildman–Crippen MR) is 75.9 cm³/mol. The fraction of sp³-hybridized carbons (Fsp3) is 0.467. The van der Waals surface area contributed by atoms with E-state index in [1.807, 2.05) is 6.07 Å². The minimum Gasteiger partial charge on any atom is -0.339 e. The molecule has 5 nitrogen and oxygen atoms in total. The van der Waals surface area contributed by atoms with E-state index in [1.165, 1.54) is 18.4 Å². The van der Waals surface area contributed by atoms with Crippen molar-refractivity contribution in [2.45, 2.75) is 31.8 Å². The molecule has 1 fully saturated rings. The summed E-state index contributed by atoms with van der Waals surface area (Å²) in [6.45, 7) is 2.98. The van der Waals surface area contributed by atoms with Gasteiger partial charge in [0.25, 0.3) is 0 Å². The fourth-order valence-electron chi connectivity index (χ4n) is 2.27. The molecule has 0 bridgehead atoms. The van der Waals surface area contributed by atoms with Crippen LogP contribution in [0.1, 0.15) is 36.0 Å². The van der Waals surface area contributed by atoms with Gasteiger partial charge in [-0.15, -0.1) is 0 Å². The maximum absolute atomic E-state index is 5.69. The lowest BCUT2D eigenvalue weighted by Gasteiger charge is -2.19. The SMILES string of the molecule is NCCN(Cc1ccccc1)Cc1noc(C2CC2)n1. The van der Waals surface area contributed by atoms with Gasteiger partial charge in [0.2, 0.25) is 5.89 Å². The first-order valence-electron chi connectivity index (χ1n) is 7.14. The molecule has 0 spiro atoms. The van der Waals surface area contributed by atoms with Gasteiger partial charge < -0.3 is 10.3 Å². The topological polar surface area (TPSA) is 68.2 Å². The summed E-state index contributed by atoms with van der Waals surface area (Å²) in [4.78, 5) is 6.72. The molecule has 0 amide bonds. The molecule has 2 aromatic rings. The molecule has 1 aliphatic rings. The summed E-state index contributed by atoms with van der Waals surface area (Å²) in [6.07, 6.45) is 2.36. The molecule has 1 aromatic heterocycles. The van der Waals surface area contributed by atoms with Crippen molar-refractivity contribution in [2.75, 3.05) is 13.1 Å². The molecule has 0 aliphatic heterocycles. The zero-order chi connectivity index (χ0) is 13.8. The maximum Gasteiger partial charge on any atom is 0.229 e. The number of rotatable bonds is 7. The Labute approximate surface area is 118 Å². The summed E-state index contributed by atoms with van der Waals surface area (Å²) in [7, 11) is 0. The third-order valence-corrected chi connectivity index (χ3v) is 3.47. The van der Waals surface area contributed by atoms with Crippen LogP contribution in [0.25, 0.3) is 0 Å². The van der Waals surface area contributed by atoms with E-state index in [2.05, 4.69) is 39.3 Å². The summed E-state index contributed by atoms with van der Waals surface area (Å²) in [5, 5.41) is 4.07. The monoisotopic (exact) mass is 272 g/mol. The van der Waals surface area contributed by atoms with Gasteiger partial charge in [0.15, 0.2) is 5.82 Å². The van der Waals surface area contributed by atoms with Crippen LogP contribution in [0.2, 0.25) is 0 Å². The highest BCUT2D eigenvalue weighted by Gasteiger charge is 2.29. The standard InChI is InChI=1S/C15H20N4O/c16-8-9-19(10-12-4-2-1-3-5-12)11-14-17-15(20-18-14)13-6-7-13/h1-5,13H,6-11,16H2. The molecule has 0 unspecified atom stereocenters. The molecular weight excluding hydrogens is 252 g/mol. The highest BCUT2D eigenvalue weighted by atomic mass is 16.5. The van der Waals surface area contributed by atoms with E-state index in [1.54, 1.807) is 0 Å². The largest absolute Gasteiger partial charge is 0.339 e. The van der Waals surface area contributed by atoms with Crippen LogP contribution in [-0.4, -0.2) is 28.1 Å². The minimum absolute atomic E-state index is 0.508. The first kappa shape index (κ1) is 13.3. The molecule has 106 valence electrons. The maximum atomic E-state index is 5.69. The number of hydrogen-bond donors (Lipinski definition) is 1. The molecule has 1 aliphatic carbocycles. The summed E-state index contributed by atoms with van der Waals surface area (Å²) in [5.74, 6) is 2.07. The molecule has 0 radical (unpaired) electrons.